The summed E-state index contributed by atoms with van der Waals surface area (Å²) < 4.78 is 26.3. The molecular weight excluding hydrogens is 532 g/mol. The number of carbonyl (C=O) groups excluding carboxylic acids is 2. The number of hydrogen-bond acceptors (Lipinski definition) is 7. The Morgan fingerprint density at radius 3 is 2.69 bits per heavy atom. The number of amidine groups is 1. The fourth-order valence-electron chi connectivity index (χ4n) is 2.76. The number of amides is 1. The molecule has 0 bridgehead atoms. The average molecular weight is 563 g/mol. The average Bonchev–Trinajstić information content (AvgIpc) is 3.10. The van der Waals surface area contributed by atoms with Crippen LogP contribution < -0.4 is 4.90 Å². The van der Waals surface area contributed by atoms with Crippen molar-refractivity contribution in [1.82, 2.24) is 3.11 Å². The molecule has 3 rings (SSSR count). The van der Waals surface area contributed by atoms with Gasteiger partial charge in [-0.25, -0.2) is 0 Å². The van der Waals surface area contributed by atoms with Crippen LogP contribution in [0.15, 0.2) is 35.5 Å². The van der Waals surface area contributed by atoms with Gasteiger partial charge in [0.25, 0.3) is 0 Å². The molecule has 2 aliphatic heterocycles. The molecule has 0 aliphatic carbocycles. The van der Waals surface area contributed by atoms with E-state index in [0.717, 1.165) is 0 Å². The van der Waals surface area contributed by atoms with Gasteiger partial charge in [-0.1, -0.05) is 13.8 Å². The van der Waals surface area contributed by atoms with Crippen LogP contribution in [0, 0.1) is 12.7 Å². The Morgan fingerprint density at radius 2 is 2.09 bits per heavy atom. The maximum absolute atomic E-state index is 13.9. The first-order valence-electron chi connectivity index (χ1n) is 10.4. The van der Waals surface area contributed by atoms with Gasteiger partial charge in [0.05, 0.1) is 0 Å². The number of anilines is 1. The number of rotatable bonds is 5. The van der Waals surface area contributed by atoms with Crippen LogP contribution in [0.1, 0.15) is 40.2 Å². The van der Waals surface area contributed by atoms with Crippen molar-refractivity contribution in [2.75, 3.05) is 24.6 Å². The predicted molar refractivity (Wildman–Crippen MR) is 131 cm³/mol. The SMILES string of the molecule is CC.Cc1ccc(N2CC(CN([IH]C(=O)OC(C)(C)C)C3=NOCC=C3)OC2=O)cc1F. The molecule has 178 valence electrons. The van der Waals surface area contributed by atoms with Gasteiger partial charge in [-0.05, 0) is 0 Å². The molecular formula is C22H31FIN3O5. The van der Waals surface area contributed by atoms with Crippen molar-refractivity contribution < 1.29 is 28.3 Å². The monoisotopic (exact) mass is 563 g/mol. The Hall–Kier alpha value is -2.37. The van der Waals surface area contributed by atoms with Crippen molar-refractivity contribution in [3.63, 3.8) is 0 Å². The molecule has 0 spiro atoms. The van der Waals surface area contributed by atoms with E-state index in [1.807, 2.05) is 13.8 Å². The van der Waals surface area contributed by atoms with Crippen LogP contribution in [0.2, 0.25) is 0 Å². The number of aryl methyl sites for hydroxylation is 1. The van der Waals surface area contributed by atoms with E-state index in [0.29, 0.717) is 23.7 Å². The van der Waals surface area contributed by atoms with Gasteiger partial charge in [0.1, 0.15) is 0 Å². The van der Waals surface area contributed by atoms with E-state index in [1.54, 1.807) is 55.1 Å². The van der Waals surface area contributed by atoms with E-state index in [-0.39, 0.29) is 22.9 Å². The van der Waals surface area contributed by atoms with Gasteiger partial charge in [-0.3, -0.25) is 0 Å². The molecule has 0 saturated carbocycles. The summed E-state index contributed by atoms with van der Waals surface area (Å²) in [6.45, 7) is 11.9. The van der Waals surface area contributed by atoms with Gasteiger partial charge >= 0.3 is 185 Å². The van der Waals surface area contributed by atoms with Gasteiger partial charge < -0.3 is 0 Å². The number of ether oxygens (including phenoxy) is 2. The second-order valence-corrected chi connectivity index (χ2v) is 10.5. The molecule has 1 aromatic carbocycles. The molecule has 1 amide bonds. The van der Waals surface area contributed by atoms with Crippen LogP contribution in [0.3, 0.4) is 0 Å². The zero-order chi connectivity index (χ0) is 23.9. The van der Waals surface area contributed by atoms with Crippen molar-refractivity contribution in [3.8, 4) is 0 Å². The molecule has 0 N–H and O–H groups in total. The molecule has 32 heavy (non-hydrogen) atoms. The van der Waals surface area contributed by atoms with E-state index in [1.165, 1.54) is 11.0 Å². The topological polar surface area (TPSA) is 80.7 Å². The zero-order valence-corrected chi connectivity index (χ0v) is 21.6. The van der Waals surface area contributed by atoms with Crippen molar-refractivity contribution in [3.05, 3.63) is 41.7 Å². The molecule has 8 nitrogen and oxygen atoms in total. The second-order valence-electron chi connectivity index (χ2n) is 7.81. The van der Waals surface area contributed by atoms with E-state index >= 15 is 0 Å². The molecule has 1 saturated heterocycles. The van der Waals surface area contributed by atoms with E-state index in [9.17, 15) is 14.0 Å². The summed E-state index contributed by atoms with van der Waals surface area (Å²) in [5, 5.41) is 4.02. The minimum atomic E-state index is -1.48. The van der Waals surface area contributed by atoms with Crippen molar-refractivity contribution in [2.45, 2.75) is 53.2 Å². The van der Waals surface area contributed by atoms with Crippen molar-refractivity contribution >= 4 is 43.1 Å². The fraction of sp³-hybridized carbons (Fsp3) is 0.500. The zero-order valence-electron chi connectivity index (χ0n) is 19.3. The van der Waals surface area contributed by atoms with Crippen LogP contribution in [0.5, 0.6) is 0 Å². The number of halogens is 2. The third-order valence-electron chi connectivity index (χ3n) is 4.14. The van der Waals surface area contributed by atoms with Crippen LogP contribution in [-0.4, -0.2) is 50.4 Å². The Balaban J connectivity index is 0.00000176. The van der Waals surface area contributed by atoms with Gasteiger partial charge in [-0.15, -0.1) is 0 Å². The molecule has 0 radical (unpaired) electrons. The summed E-state index contributed by atoms with van der Waals surface area (Å²) in [6, 6.07) is 4.61. The van der Waals surface area contributed by atoms with E-state index < -0.39 is 39.3 Å². The fourth-order valence-corrected chi connectivity index (χ4v) is 5.31. The standard InChI is InChI=1S/C20H25FIN3O5.C2H6/c1-13-7-8-14(10-16(13)21)24-11-15(29-19(24)27)12-25(17-6-5-9-28-23-17)22-18(26)30-20(2,3)4;1-2/h5-8,10,15,22H,9,11-12H2,1-4H3;1-2H3. The summed E-state index contributed by atoms with van der Waals surface area (Å²) in [6.07, 6.45) is 2.48. The number of hydrogen-bond donors (Lipinski definition) is 0. The normalized spacial score (nSPS) is 17.7. The van der Waals surface area contributed by atoms with Gasteiger partial charge in [0.15, 0.2) is 0 Å². The van der Waals surface area contributed by atoms with Crippen LogP contribution in [-0.2, 0) is 14.3 Å². The molecule has 10 heteroatoms. The van der Waals surface area contributed by atoms with E-state index in [4.69, 9.17) is 14.3 Å². The molecule has 1 fully saturated rings. The predicted octanol–water partition coefficient (Wildman–Crippen LogP) is 5.24. The Kier molecular flexibility index (Phi) is 9.29. The number of cyclic esters (lactones) is 1. The number of benzene rings is 1. The van der Waals surface area contributed by atoms with Gasteiger partial charge in [0, 0.05) is 0 Å². The first-order chi connectivity index (χ1) is 15.1. The first kappa shape index (κ1) is 25.9. The second kappa shape index (κ2) is 11.5. The van der Waals surface area contributed by atoms with Gasteiger partial charge in [-0.2, -0.15) is 0 Å². The Labute approximate surface area is 199 Å². The number of carbonyl (C=O) groups is 2. The number of nitrogens with zero attached hydrogens (tertiary/aromatic N) is 3. The molecule has 2 aliphatic rings. The first-order valence-corrected chi connectivity index (χ1v) is 12.6. The Bertz CT molecular complexity index is 885. The van der Waals surface area contributed by atoms with E-state index in [2.05, 4.69) is 5.16 Å². The van der Waals surface area contributed by atoms with Crippen LogP contribution in [0.25, 0.3) is 0 Å². The molecule has 1 unspecified atom stereocenters. The summed E-state index contributed by atoms with van der Waals surface area (Å²) in [5.41, 5.74) is 0.332. The minimum absolute atomic E-state index is 0.233. The van der Waals surface area contributed by atoms with Crippen molar-refractivity contribution in [1.29, 1.82) is 0 Å². The third-order valence-corrected chi connectivity index (χ3v) is 6.39. The summed E-state index contributed by atoms with van der Waals surface area (Å²) in [5.74, 6) is 0.103. The summed E-state index contributed by atoms with van der Waals surface area (Å²) in [7, 11) is 0. The van der Waals surface area contributed by atoms with Crippen LogP contribution in [0.4, 0.5) is 19.7 Å². The third kappa shape index (κ3) is 7.35. The summed E-state index contributed by atoms with van der Waals surface area (Å²) in [4.78, 5) is 31.3. The molecule has 1 atom stereocenters. The van der Waals surface area contributed by atoms with Crippen molar-refractivity contribution in [2.24, 2.45) is 5.16 Å². The quantitative estimate of drug-likeness (QED) is 0.277. The van der Waals surface area contributed by atoms with Crippen LogP contribution >= 0.6 is 21.5 Å². The maximum atomic E-state index is 13.9. The Morgan fingerprint density at radius 1 is 1.38 bits per heavy atom. The molecule has 0 aromatic heterocycles. The molecule has 1 aromatic rings. The van der Waals surface area contributed by atoms with Gasteiger partial charge in [0.2, 0.25) is 0 Å². The number of oxime groups is 1. The molecule has 2 heterocycles. The summed E-state index contributed by atoms with van der Waals surface area (Å²) >= 11 is -1.48.